The van der Waals surface area contributed by atoms with Crippen LogP contribution in [0.2, 0.25) is 0 Å². The summed E-state index contributed by atoms with van der Waals surface area (Å²) in [5, 5.41) is 4.06. The van der Waals surface area contributed by atoms with Gasteiger partial charge >= 0.3 is 5.97 Å². The molecule has 2 heterocycles. The van der Waals surface area contributed by atoms with E-state index >= 15 is 0 Å². The summed E-state index contributed by atoms with van der Waals surface area (Å²) in [5.74, 6) is 0.877. The highest BCUT2D eigenvalue weighted by atomic mass is 16.7. The van der Waals surface area contributed by atoms with Gasteiger partial charge in [-0.15, -0.1) is 0 Å². The molecule has 1 aromatic carbocycles. The molecule has 1 aliphatic heterocycles. The summed E-state index contributed by atoms with van der Waals surface area (Å²) in [5.41, 5.74) is 1.91. The summed E-state index contributed by atoms with van der Waals surface area (Å²) in [4.78, 5) is 15.8. The van der Waals surface area contributed by atoms with Crippen molar-refractivity contribution in [3.8, 4) is 11.4 Å². The van der Waals surface area contributed by atoms with Gasteiger partial charge in [-0.3, -0.25) is 4.79 Å². The fourth-order valence-electron chi connectivity index (χ4n) is 3.03. The van der Waals surface area contributed by atoms with Crippen molar-refractivity contribution in [2.24, 2.45) is 5.92 Å². The molecule has 0 N–H and O–H groups in total. The number of carbonyl (C=O) groups excluding carboxylic acids is 1. The van der Waals surface area contributed by atoms with Crippen LogP contribution in [0.1, 0.15) is 44.1 Å². The zero-order valence-corrected chi connectivity index (χ0v) is 15.8. The molecular formula is C20H26N2O5. The van der Waals surface area contributed by atoms with E-state index in [1.54, 1.807) is 0 Å². The van der Waals surface area contributed by atoms with E-state index < -0.39 is 0 Å². The molecule has 2 aromatic rings. The van der Waals surface area contributed by atoms with Crippen LogP contribution in [0.3, 0.4) is 0 Å². The number of carbonyl (C=O) groups is 1. The number of methoxy groups -OCH3 is 1. The predicted octanol–water partition coefficient (Wildman–Crippen LogP) is 3.52. The van der Waals surface area contributed by atoms with Crippen LogP contribution in [0, 0.1) is 5.92 Å². The van der Waals surface area contributed by atoms with Gasteiger partial charge in [0.15, 0.2) is 6.29 Å². The maximum absolute atomic E-state index is 11.3. The first-order valence-corrected chi connectivity index (χ1v) is 9.36. The van der Waals surface area contributed by atoms with Crippen molar-refractivity contribution in [2.45, 2.75) is 51.9 Å². The lowest BCUT2D eigenvalue weighted by atomic mass is 10.0. The van der Waals surface area contributed by atoms with Crippen molar-refractivity contribution in [1.29, 1.82) is 0 Å². The first kappa shape index (κ1) is 19.5. The summed E-state index contributed by atoms with van der Waals surface area (Å²) in [7, 11) is 1.39. The largest absolute Gasteiger partial charge is 0.469 e. The monoisotopic (exact) mass is 374 g/mol. The van der Waals surface area contributed by atoms with Gasteiger partial charge in [-0.1, -0.05) is 30.3 Å². The zero-order chi connectivity index (χ0) is 19.1. The topological polar surface area (TPSA) is 83.7 Å². The van der Waals surface area contributed by atoms with Gasteiger partial charge < -0.3 is 18.7 Å². The fourth-order valence-corrected chi connectivity index (χ4v) is 3.03. The van der Waals surface area contributed by atoms with Gasteiger partial charge in [-0.2, -0.15) is 4.98 Å². The van der Waals surface area contributed by atoms with Crippen molar-refractivity contribution >= 4 is 5.97 Å². The van der Waals surface area contributed by atoms with Crippen LogP contribution < -0.4 is 0 Å². The van der Waals surface area contributed by atoms with Gasteiger partial charge in [-0.25, -0.2) is 0 Å². The first-order valence-electron chi connectivity index (χ1n) is 9.36. The van der Waals surface area contributed by atoms with Gasteiger partial charge in [0.25, 0.3) is 0 Å². The van der Waals surface area contributed by atoms with E-state index in [4.69, 9.17) is 14.0 Å². The van der Waals surface area contributed by atoms with Crippen molar-refractivity contribution in [3.05, 3.63) is 35.7 Å². The number of hydrogen-bond acceptors (Lipinski definition) is 7. The molecule has 0 spiro atoms. The van der Waals surface area contributed by atoms with E-state index in [9.17, 15) is 4.79 Å². The molecule has 1 aromatic heterocycles. The average molecular weight is 374 g/mol. The van der Waals surface area contributed by atoms with Gasteiger partial charge in [0, 0.05) is 25.0 Å². The Hall–Kier alpha value is -2.25. The van der Waals surface area contributed by atoms with E-state index in [1.807, 2.05) is 31.2 Å². The second kappa shape index (κ2) is 9.62. The van der Waals surface area contributed by atoms with E-state index in [0.29, 0.717) is 31.2 Å². The number of esters is 1. The minimum absolute atomic E-state index is 0.0703. The standard InChI is InChI=1S/C20H26N2O5/c1-14(11-18(23)24-2)10-17-21-20(22-27-17)16-7-5-6-15(12-16)13-26-19-8-3-4-9-25-19/h5-7,12,14,19H,3-4,8-11,13H2,1-2H3. The number of rotatable bonds is 8. The zero-order valence-electron chi connectivity index (χ0n) is 15.8. The lowest BCUT2D eigenvalue weighted by Crippen LogP contribution is -2.21. The second-order valence-corrected chi connectivity index (χ2v) is 6.91. The molecule has 0 saturated carbocycles. The quantitative estimate of drug-likeness (QED) is 0.654. The highest BCUT2D eigenvalue weighted by Gasteiger charge is 2.16. The van der Waals surface area contributed by atoms with Crippen LogP contribution in [-0.2, 0) is 32.0 Å². The maximum atomic E-state index is 11.3. The van der Waals surface area contributed by atoms with Crippen LogP contribution in [0.15, 0.2) is 28.8 Å². The number of hydrogen-bond donors (Lipinski definition) is 0. The summed E-state index contributed by atoms with van der Waals surface area (Å²) >= 11 is 0. The molecule has 0 radical (unpaired) electrons. The Labute approximate surface area is 159 Å². The molecule has 0 aliphatic carbocycles. The molecule has 7 heteroatoms. The molecule has 1 fully saturated rings. The number of aromatic nitrogens is 2. The van der Waals surface area contributed by atoms with Gasteiger partial charge in [0.2, 0.25) is 11.7 Å². The van der Waals surface area contributed by atoms with Crippen molar-refractivity contribution in [1.82, 2.24) is 10.1 Å². The summed E-state index contributed by atoms with van der Waals surface area (Å²) in [6.07, 6.45) is 3.93. The average Bonchev–Trinajstić information content (AvgIpc) is 3.15. The van der Waals surface area contributed by atoms with Crippen molar-refractivity contribution in [2.75, 3.05) is 13.7 Å². The highest BCUT2D eigenvalue weighted by molar-refractivity contribution is 5.69. The van der Waals surface area contributed by atoms with Crippen LogP contribution >= 0.6 is 0 Å². The Morgan fingerprint density at radius 1 is 1.37 bits per heavy atom. The van der Waals surface area contributed by atoms with E-state index in [2.05, 4.69) is 14.9 Å². The lowest BCUT2D eigenvalue weighted by molar-refractivity contribution is -0.168. The third-order valence-electron chi connectivity index (χ3n) is 4.49. The molecular weight excluding hydrogens is 348 g/mol. The summed E-state index contributed by atoms with van der Waals surface area (Å²) in [6.45, 7) is 3.20. The molecule has 3 rings (SSSR count). The Bertz CT molecular complexity index is 739. The van der Waals surface area contributed by atoms with Gasteiger partial charge in [-0.05, 0) is 36.8 Å². The Morgan fingerprint density at radius 2 is 2.26 bits per heavy atom. The van der Waals surface area contributed by atoms with Gasteiger partial charge in [0.05, 0.1) is 13.7 Å². The number of benzene rings is 1. The Morgan fingerprint density at radius 3 is 3.04 bits per heavy atom. The molecule has 1 saturated heterocycles. The molecule has 0 amide bonds. The van der Waals surface area contributed by atoms with Crippen molar-refractivity contribution in [3.63, 3.8) is 0 Å². The van der Waals surface area contributed by atoms with Crippen LogP contribution in [0.5, 0.6) is 0 Å². The summed E-state index contributed by atoms with van der Waals surface area (Å²) in [6, 6.07) is 7.89. The molecule has 1 aliphatic rings. The Balaban J connectivity index is 1.58. The first-order chi connectivity index (χ1) is 13.1. The SMILES string of the molecule is COC(=O)CC(C)Cc1nc(-c2cccc(COC3CCCCO3)c2)no1. The van der Waals surface area contributed by atoms with Crippen LogP contribution in [0.25, 0.3) is 11.4 Å². The van der Waals surface area contributed by atoms with Gasteiger partial charge in [0.1, 0.15) is 0 Å². The van der Waals surface area contributed by atoms with Crippen molar-refractivity contribution < 1.29 is 23.5 Å². The molecule has 0 bridgehead atoms. The Kier molecular flexibility index (Phi) is 6.95. The lowest BCUT2D eigenvalue weighted by Gasteiger charge is -2.22. The molecule has 146 valence electrons. The molecule has 7 nitrogen and oxygen atoms in total. The third-order valence-corrected chi connectivity index (χ3v) is 4.49. The van der Waals surface area contributed by atoms with E-state index in [0.717, 1.165) is 37.0 Å². The van der Waals surface area contributed by atoms with Crippen LogP contribution in [-0.4, -0.2) is 36.1 Å². The summed E-state index contributed by atoms with van der Waals surface area (Å²) < 4.78 is 21.5. The number of ether oxygens (including phenoxy) is 3. The fraction of sp³-hybridized carbons (Fsp3) is 0.550. The predicted molar refractivity (Wildman–Crippen MR) is 97.6 cm³/mol. The highest BCUT2D eigenvalue weighted by Crippen LogP contribution is 2.21. The minimum Gasteiger partial charge on any atom is -0.469 e. The number of nitrogens with zero attached hydrogens (tertiary/aromatic N) is 2. The van der Waals surface area contributed by atoms with Crippen LogP contribution in [0.4, 0.5) is 0 Å². The smallest absolute Gasteiger partial charge is 0.305 e. The maximum Gasteiger partial charge on any atom is 0.305 e. The second-order valence-electron chi connectivity index (χ2n) is 6.91. The minimum atomic E-state index is -0.239. The molecule has 2 unspecified atom stereocenters. The van der Waals surface area contributed by atoms with E-state index in [1.165, 1.54) is 7.11 Å². The normalized spacial score (nSPS) is 18.2. The third kappa shape index (κ3) is 5.87. The molecule has 27 heavy (non-hydrogen) atoms. The van der Waals surface area contributed by atoms with E-state index in [-0.39, 0.29) is 18.2 Å². The molecule has 2 atom stereocenters.